The van der Waals surface area contributed by atoms with Crippen molar-refractivity contribution >= 4 is 15.7 Å². The van der Waals surface area contributed by atoms with Crippen LogP contribution in [0.15, 0.2) is 53.4 Å². The van der Waals surface area contributed by atoms with Crippen molar-refractivity contribution in [1.82, 2.24) is 14.7 Å². The van der Waals surface area contributed by atoms with Gasteiger partial charge in [-0.1, -0.05) is 43.7 Å². The van der Waals surface area contributed by atoms with E-state index in [1.54, 1.807) is 16.8 Å². The van der Waals surface area contributed by atoms with Gasteiger partial charge in [-0.15, -0.1) is 0 Å². The van der Waals surface area contributed by atoms with Crippen LogP contribution in [0.4, 0.5) is 5.69 Å². The molecule has 7 heteroatoms. The van der Waals surface area contributed by atoms with Crippen LogP contribution in [0.3, 0.4) is 0 Å². The third kappa shape index (κ3) is 5.54. The first-order chi connectivity index (χ1) is 14.7. The summed E-state index contributed by atoms with van der Waals surface area (Å²) in [5.74, 6) is 0. The molecule has 0 atom stereocenters. The fourth-order valence-corrected chi connectivity index (χ4v) is 4.71. The third-order valence-electron chi connectivity index (χ3n) is 5.33. The Hall–Kier alpha value is -2.64. The van der Waals surface area contributed by atoms with E-state index in [4.69, 9.17) is 0 Å². The van der Waals surface area contributed by atoms with Crippen LogP contribution in [-0.4, -0.2) is 37.2 Å². The number of aromatic nitrogens is 2. The summed E-state index contributed by atoms with van der Waals surface area (Å²) in [7, 11) is 2.21. The lowest BCUT2D eigenvalue weighted by atomic mass is 10.0. The van der Waals surface area contributed by atoms with Crippen molar-refractivity contribution in [2.45, 2.75) is 44.6 Å². The zero-order valence-electron chi connectivity index (χ0n) is 19.0. The van der Waals surface area contributed by atoms with Crippen molar-refractivity contribution in [2.24, 2.45) is 7.05 Å². The second kappa shape index (κ2) is 9.66. The molecule has 0 fully saturated rings. The molecule has 0 saturated carbocycles. The second-order valence-electron chi connectivity index (χ2n) is 8.20. The molecule has 1 N–H and O–H groups in total. The molecule has 0 saturated heterocycles. The predicted octanol–water partition coefficient (Wildman–Crippen LogP) is 4.60. The van der Waals surface area contributed by atoms with Gasteiger partial charge >= 0.3 is 0 Å². The van der Waals surface area contributed by atoms with Gasteiger partial charge in [0.05, 0.1) is 22.0 Å². The van der Waals surface area contributed by atoms with Crippen LogP contribution in [0.2, 0.25) is 0 Å². The summed E-state index contributed by atoms with van der Waals surface area (Å²) in [4.78, 5) is 2.36. The normalized spacial score (nSPS) is 11.8. The van der Waals surface area contributed by atoms with E-state index in [1.165, 1.54) is 5.56 Å². The monoisotopic (exact) mass is 440 g/mol. The molecule has 0 radical (unpaired) electrons. The van der Waals surface area contributed by atoms with Gasteiger partial charge in [0.2, 0.25) is 0 Å². The Morgan fingerprint density at radius 3 is 2.42 bits per heavy atom. The minimum Gasteiger partial charge on any atom is -0.305 e. The number of aryl methyl sites for hydroxylation is 2. The van der Waals surface area contributed by atoms with Gasteiger partial charge in [0.1, 0.15) is 0 Å². The molecule has 0 aliphatic rings. The van der Waals surface area contributed by atoms with Crippen molar-refractivity contribution in [2.75, 3.05) is 18.8 Å². The number of nitrogens with zero attached hydrogens (tertiary/aromatic N) is 3. The number of sulfonamides is 1. The maximum atomic E-state index is 13.1. The molecule has 2 aromatic carbocycles. The first-order valence-corrected chi connectivity index (χ1v) is 12.1. The fourth-order valence-electron chi connectivity index (χ4n) is 3.56. The van der Waals surface area contributed by atoms with Crippen LogP contribution >= 0.6 is 0 Å². The molecule has 0 unspecified atom stereocenters. The summed E-state index contributed by atoms with van der Waals surface area (Å²) in [6.45, 7) is 4.84. The Kier molecular flexibility index (Phi) is 7.18. The Morgan fingerprint density at radius 2 is 1.77 bits per heavy atom. The van der Waals surface area contributed by atoms with E-state index in [0.717, 1.165) is 48.3 Å². The number of unbranched alkanes of at least 4 members (excludes halogenated alkanes) is 1. The predicted molar refractivity (Wildman–Crippen MR) is 127 cm³/mol. The van der Waals surface area contributed by atoms with Crippen LogP contribution < -0.4 is 4.72 Å². The first-order valence-electron chi connectivity index (χ1n) is 10.6. The van der Waals surface area contributed by atoms with Crippen LogP contribution in [0.1, 0.15) is 36.7 Å². The number of benzene rings is 2. The zero-order chi connectivity index (χ0) is 22.6. The van der Waals surface area contributed by atoms with Gasteiger partial charge in [0, 0.05) is 13.6 Å². The standard InChI is InChI=1S/C24H32N4O2S/c1-6-7-11-23-24(18(2)28(5)25-23)26-31(29,30)22-14-12-20(13-15-22)21-10-8-9-19(16-21)17-27(3)4/h8-10,12-16,26H,6-7,11,17H2,1-5H3. The van der Waals surface area contributed by atoms with E-state index in [2.05, 4.69) is 33.8 Å². The molecule has 6 nitrogen and oxygen atoms in total. The zero-order valence-corrected chi connectivity index (χ0v) is 19.8. The van der Waals surface area contributed by atoms with Gasteiger partial charge in [-0.3, -0.25) is 9.40 Å². The van der Waals surface area contributed by atoms with Crippen molar-refractivity contribution in [3.8, 4) is 11.1 Å². The minimum absolute atomic E-state index is 0.241. The Bertz CT molecular complexity index is 1130. The molecule has 1 aromatic heterocycles. The van der Waals surface area contributed by atoms with Crippen molar-refractivity contribution in [3.05, 3.63) is 65.5 Å². The van der Waals surface area contributed by atoms with Gasteiger partial charge in [-0.25, -0.2) is 8.42 Å². The van der Waals surface area contributed by atoms with Gasteiger partial charge in [-0.2, -0.15) is 5.10 Å². The van der Waals surface area contributed by atoms with Crippen molar-refractivity contribution in [1.29, 1.82) is 0 Å². The highest BCUT2D eigenvalue weighted by Gasteiger charge is 2.20. The molecule has 0 aliphatic heterocycles. The molecule has 0 aliphatic carbocycles. The average Bonchev–Trinajstić information content (AvgIpc) is 2.99. The first kappa shape index (κ1) is 23.0. The topological polar surface area (TPSA) is 67.2 Å². The third-order valence-corrected chi connectivity index (χ3v) is 6.70. The lowest BCUT2D eigenvalue weighted by Crippen LogP contribution is -2.14. The molecular formula is C24H32N4O2S. The highest BCUT2D eigenvalue weighted by Crippen LogP contribution is 2.27. The summed E-state index contributed by atoms with van der Waals surface area (Å²) in [6.07, 6.45) is 2.74. The van der Waals surface area contributed by atoms with Gasteiger partial charge in [0.15, 0.2) is 0 Å². The van der Waals surface area contributed by atoms with E-state index in [1.807, 2.05) is 52.3 Å². The van der Waals surface area contributed by atoms with Gasteiger partial charge in [0.25, 0.3) is 10.0 Å². The maximum Gasteiger partial charge on any atom is 0.262 e. The number of anilines is 1. The van der Waals surface area contributed by atoms with Crippen LogP contribution in [0.5, 0.6) is 0 Å². The minimum atomic E-state index is -3.70. The molecule has 166 valence electrons. The van der Waals surface area contributed by atoms with Gasteiger partial charge < -0.3 is 4.90 Å². The summed E-state index contributed by atoms with van der Waals surface area (Å²) >= 11 is 0. The van der Waals surface area contributed by atoms with Crippen molar-refractivity contribution in [3.63, 3.8) is 0 Å². The molecule has 3 aromatic rings. The Balaban J connectivity index is 1.84. The average molecular weight is 441 g/mol. The van der Waals surface area contributed by atoms with E-state index in [0.29, 0.717) is 5.69 Å². The molecular weight excluding hydrogens is 408 g/mol. The summed E-state index contributed by atoms with van der Waals surface area (Å²) in [5, 5.41) is 4.49. The SMILES string of the molecule is CCCCc1nn(C)c(C)c1NS(=O)(=O)c1ccc(-c2cccc(CN(C)C)c2)cc1. The molecule has 31 heavy (non-hydrogen) atoms. The molecule has 3 rings (SSSR count). The summed E-state index contributed by atoms with van der Waals surface area (Å²) in [6, 6.07) is 15.3. The van der Waals surface area contributed by atoms with E-state index in [9.17, 15) is 8.42 Å². The van der Waals surface area contributed by atoms with Crippen molar-refractivity contribution < 1.29 is 8.42 Å². The second-order valence-corrected chi connectivity index (χ2v) is 9.88. The van der Waals surface area contributed by atoms with Gasteiger partial charge in [-0.05, 0) is 68.8 Å². The van der Waals surface area contributed by atoms with Crippen LogP contribution in [0, 0.1) is 6.92 Å². The largest absolute Gasteiger partial charge is 0.305 e. The summed E-state index contributed by atoms with van der Waals surface area (Å²) < 4.78 is 30.6. The number of rotatable bonds is 9. The highest BCUT2D eigenvalue weighted by atomic mass is 32.2. The lowest BCUT2D eigenvalue weighted by molar-refractivity contribution is 0.402. The molecule has 1 heterocycles. The fraction of sp³-hybridized carbons (Fsp3) is 0.375. The Labute approximate surface area is 186 Å². The van der Waals surface area contributed by atoms with E-state index >= 15 is 0 Å². The van der Waals surface area contributed by atoms with Crippen LogP contribution in [-0.2, 0) is 30.0 Å². The lowest BCUT2D eigenvalue weighted by Gasteiger charge is -2.12. The van der Waals surface area contributed by atoms with E-state index < -0.39 is 10.0 Å². The highest BCUT2D eigenvalue weighted by molar-refractivity contribution is 7.92. The molecule has 0 bridgehead atoms. The van der Waals surface area contributed by atoms with Crippen LogP contribution in [0.25, 0.3) is 11.1 Å². The smallest absolute Gasteiger partial charge is 0.262 e. The maximum absolute atomic E-state index is 13.1. The number of hydrogen-bond donors (Lipinski definition) is 1. The quantitative estimate of drug-likeness (QED) is 0.528. The molecule has 0 spiro atoms. The summed E-state index contributed by atoms with van der Waals surface area (Å²) in [5.41, 5.74) is 5.47. The number of hydrogen-bond acceptors (Lipinski definition) is 4. The number of nitrogens with one attached hydrogen (secondary N) is 1. The molecule has 0 amide bonds. The Morgan fingerprint density at radius 1 is 1.06 bits per heavy atom. The van der Waals surface area contributed by atoms with E-state index in [-0.39, 0.29) is 4.90 Å².